The van der Waals surface area contributed by atoms with E-state index in [0.717, 1.165) is 57.5 Å². The highest BCUT2D eigenvalue weighted by atomic mass is 16.5. The molecule has 0 fully saturated rings. The van der Waals surface area contributed by atoms with Gasteiger partial charge >= 0.3 is 6.01 Å². The second kappa shape index (κ2) is 20.0. The third-order valence-corrected chi connectivity index (χ3v) is 17.4. The monoisotopic (exact) mass is 1120 g/mol. The van der Waals surface area contributed by atoms with Crippen molar-refractivity contribution in [3.63, 3.8) is 0 Å². The Morgan fingerprint density at radius 2 is 1.15 bits per heavy atom. The first-order valence-corrected chi connectivity index (χ1v) is 29.4. The SMILES string of the molecule is [2H]c1c([2H])c([2H])c(-c2cc(C(C)(C)C)cc(-c3cc(C(C)(C)C)cc(C(C)(C)C)c3)c2[N+]2=C=[N+](c3ccc(C(C)(C)C)c(Oc4ccc5c6c([2H])c([2H])c([2H])c([2H])c6n(-c6cc(C([2H])([2H])[2H])c(-c7ccc8c(c7)C(C)(C)CCC8(C)C)cn6)c5c4)c3)c3ccccc32)c([2H])c1[2H]. The number of pyridine rings is 1. The number of benzene rings is 8. The van der Waals surface area contributed by atoms with E-state index in [2.05, 4.69) is 153 Å². The lowest BCUT2D eigenvalue weighted by atomic mass is 9.63. The number of aromatic nitrogens is 2. The van der Waals surface area contributed by atoms with Gasteiger partial charge in [0.15, 0.2) is 0 Å². The average molecular weight is 1120 g/mol. The van der Waals surface area contributed by atoms with Gasteiger partial charge in [-0.25, -0.2) is 4.98 Å². The van der Waals surface area contributed by atoms with Crippen LogP contribution in [0.2, 0.25) is 0 Å². The zero-order valence-corrected chi connectivity index (χ0v) is 51.7. The Balaban J connectivity index is 1.09. The molecule has 0 N–H and O–H groups in total. The molecule has 0 amide bonds. The minimum Gasteiger partial charge on any atom is -0.457 e. The van der Waals surface area contributed by atoms with Crippen LogP contribution in [-0.4, -0.2) is 15.6 Å². The molecular formula is C79H84N4O+2. The number of ether oxygens (including phenoxy) is 1. The summed E-state index contributed by atoms with van der Waals surface area (Å²) in [7, 11) is 0. The molecule has 3 heterocycles. The average Bonchev–Trinajstić information content (AvgIpc) is 1.58. The van der Waals surface area contributed by atoms with Crippen LogP contribution in [0.4, 0.5) is 22.7 Å². The third kappa shape index (κ3) is 10.1. The maximum absolute atomic E-state index is 9.56. The molecule has 0 spiro atoms. The first-order chi connectivity index (χ1) is 44.5. The first kappa shape index (κ1) is 43.5. The van der Waals surface area contributed by atoms with Gasteiger partial charge < -0.3 is 4.74 Å². The van der Waals surface area contributed by atoms with E-state index >= 15 is 0 Å². The first-order valence-electron chi connectivity index (χ1n) is 35.4. The maximum Gasteiger partial charge on any atom is 0.503 e. The van der Waals surface area contributed by atoms with Crippen molar-refractivity contribution in [1.82, 2.24) is 18.7 Å². The van der Waals surface area contributed by atoms with E-state index in [1.807, 2.05) is 63.7 Å². The molecule has 12 rings (SSSR count). The summed E-state index contributed by atoms with van der Waals surface area (Å²) in [5, 5.41) is 0.720. The van der Waals surface area contributed by atoms with Crippen LogP contribution in [0.25, 0.3) is 61.0 Å². The number of rotatable bonds is 8. The molecule has 2 aliphatic rings. The predicted molar refractivity (Wildman–Crippen MR) is 357 cm³/mol. The zero-order valence-electron chi connectivity index (χ0n) is 63.7. The Bertz CT molecular complexity index is 4970. The molecule has 0 unspecified atom stereocenters. The van der Waals surface area contributed by atoms with Crippen molar-refractivity contribution >= 4 is 50.6 Å². The van der Waals surface area contributed by atoms with E-state index in [-0.39, 0.29) is 73.7 Å². The molecule has 5 heteroatoms. The van der Waals surface area contributed by atoms with Gasteiger partial charge in [-0.05, 0) is 154 Å². The van der Waals surface area contributed by atoms with Gasteiger partial charge in [-0.15, -0.1) is 0 Å². The van der Waals surface area contributed by atoms with Crippen molar-refractivity contribution in [2.75, 3.05) is 0 Å². The van der Waals surface area contributed by atoms with Crippen molar-refractivity contribution in [1.29, 1.82) is 0 Å². The van der Waals surface area contributed by atoms with Crippen LogP contribution in [0.15, 0.2) is 176 Å². The lowest BCUT2D eigenvalue weighted by Crippen LogP contribution is -2.33. The largest absolute Gasteiger partial charge is 0.503 e. The highest BCUT2D eigenvalue weighted by Crippen LogP contribution is 2.50. The smallest absolute Gasteiger partial charge is 0.457 e. The fourth-order valence-corrected chi connectivity index (χ4v) is 12.2. The Labute approximate surface area is 516 Å². The van der Waals surface area contributed by atoms with Gasteiger partial charge in [-0.2, -0.15) is 0 Å². The summed E-state index contributed by atoms with van der Waals surface area (Å²) in [6.07, 6.45) is 3.56. The molecule has 8 aromatic carbocycles. The molecule has 10 aromatic rings. The number of para-hydroxylation sites is 3. The molecule has 0 saturated heterocycles. The van der Waals surface area contributed by atoms with Gasteiger partial charge in [-0.3, -0.25) is 4.57 Å². The zero-order chi connectivity index (χ0) is 70.0. The third-order valence-electron chi connectivity index (χ3n) is 17.4. The molecule has 1 aliphatic carbocycles. The van der Waals surface area contributed by atoms with Crippen LogP contribution in [0.5, 0.6) is 11.5 Å². The molecule has 424 valence electrons. The second-order valence-electron chi connectivity index (χ2n) is 28.6. The van der Waals surface area contributed by atoms with E-state index in [0.29, 0.717) is 50.6 Å². The molecular weight excluding hydrogens is 1020 g/mol. The molecule has 1 aliphatic heterocycles. The normalized spacial score (nSPS) is 17.2. The summed E-state index contributed by atoms with van der Waals surface area (Å²) in [6, 6.07) is 38.1. The van der Waals surface area contributed by atoms with Gasteiger partial charge in [0, 0.05) is 56.5 Å². The highest BCUT2D eigenvalue weighted by molar-refractivity contribution is 6.09. The second-order valence-corrected chi connectivity index (χ2v) is 28.6. The molecule has 0 bridgehead atoms. The van der Waals surface area contributed by atoms with Crippen molar-refractivity contribution in [2.45, 2.75) is 163 Å². The standard InChI is InChI=1S/C79H84N4O/c1-50-39-72(80-48-63(50)52-31-35-64-66(42-52)79(16,17)38-37-78(64,14)15)83-67-28-22-21-27-59(67)60-34-33-58(47-70(60)83)84-71-46-57(32-36-65(71)77(11,12)13)81-49-82(69-30-24-23-29-68(69)81)73-61(51-25-19-18-20-26-51)44-56(76(8,9)10)45-62(73)53-40-54(74(2,3)4)43-55(41-53)75(5,6)7/h18-36,39-48H,37-38H2,1-17H3/q+2/i1D3,18D,19D,20D,21D,22D,25D,26D,27D,28D. The van der Waals surface area contributed by atoms with Crippen molar-refractivity contribution in [3.8, 4) is 50.7 Å². The fraction of sp³-hybridized carbons (Fsp3) is 0.316. The Kier molecular flexibility index (Phi) is 10.4. The fourth-order valence-electron chi connectivity index (χ4n) is 12.2. The number of hydrogen-bond acceptors (Lipinski definition) is 2. The van der Waals surface area contributed by atoms with Crippen LogP contribution in [0, 0.1) is 6.85 Å². The predicted octanol–water partition coefficient (Wildman–Crippen LogP) is 21.7. The number of nitrogens with zero attached hydrogens (tertiary/aromatic N) is 4. The van der Waals surface area contributed by atoms with Crippen LogP contribution in [-0.2, 0) is 32.5 Å². The van der Waals surface area contributed by atoms with E-state index < -0.39 is 47.9 Å². The highest BCUT2D eigenvalue weighted by Gasteiger charge is 2.42. The van der Waals surface area contributed by atoms with Crippen LogP contribution in [0.3, 0.4) is 0 Å². The minimum atomic E-state index is -2.62. The van der Waals surface area contributed by atoms with Crippen molar-refractivity contribution < 1.29 is 21.2 Å². The quantitative estimate of drug-likeness (QED) is 0.142. The Morgan fingerprint density at radius 1 is 0.536 bits per heavy atom. The van der Waals surface area contributed by atoms with E-state index in [1.54, 1.807) is 29.0 Å². The summed E-state index contributed by atoms with van der Waals surface area (Å²) in [4.78, 5) is 5.00. The minimum absolute atomic E-state index is 0.0405. The topological polar surface area (TPSA) is 33.1 Å². The number of hydrogen-bond donors (Lipinski definition) is 0. The van der Waals surface area contributed by atoms with E-state index in [9.17, 15) is 5.48 Å². The summed E-state index contributed by atoms with van der Waals surface area (Å²) in [5.74, 6) is 0.985. The maximum atomic E-state index is 9.56. The van der Waals surface area contributed by atoms with Gasteiger partial charge in [-0.1, -0.05) is 208 Å². The number of fused-ring (bicyclic) bond motifs is 5. The lowest BCUT2D eigenvalue weighted by Gasteiger charge is -2.42. The molecule has 5 nitrogen and oxygen atoms in total. The summed E-state index contributed by atoms with van der Waals surface area (Å²) in [5.41, 5.74) is 11.3. The molecule has 0 atom stereocenters. The summed E-state index contributed by atoms with van der Waals surface area (Å²) >= 11 is 0. The van der Waals surface area contributed by atoms with E-state index in [4.69, 9.17) is 20.7 Å². The summed E-state index contributed by atoms with van der Waals surface area (Å²) in [6.45, 7) is 32.1. The van der Waals surface area contributed by atoms with Gasteiger partial charge in [0.1, 0.15) is 17.3 Å². The summed E-state index contributed by atoms with van der Waals surface area (Å²) < 4.78 is 122. The van der Waals surface area contributed by atoms with Crippen molar-refractivity contribution in [3.05, 3.63) is 215 Å². The Morgan fingerprint density at radius 3 is 1.81 bits per heavy atom. The van der Waals surface area contributed by atoms with Crippen LogP contribution in [0.1, 0.15) is 179 Å². The molecule has 0 radical (unpaired) electrons. The lowest BCUT2D eigenvalue weighted by molar-refractivity contribution is 0.332. The number of aryl methyl sites for hydroxylation is 1. The van der Waals surface area contributed by atoms with Gasteiger partial charge in [0.05, 0.1) is 40.6 Å². The molecule has 0 saturated carbocycles. The van der Waals surface area contributed by atoms with Gasteiger partial charge in [0.2, 0.25) is 11.4 Å². The van der Waals surface area contributed by atoms with Crippen LogP contribution >= 0.6 is 0 Å². The van der Waals surface area contributed by atoms with Crippen LogP contribution < -0.4 is 13.9 Å². The van der Waals surface area contributed by atoms with Gasteiger partial charge in [0.25, 0.3) is 11.4 Å². The van der Waals surface area contributed by atoms with Crippen molar-refractivity contribution in [2.24, 2.45) is 0 Å². The Hall–Kier alpha value is -8.11. The molecule has 84 heavy (non-hydrogen) atoms. The van der Waals surface area contributed by atoms with E-state index in [1.165, 1.54) is 17.2 Å². The molecule has 2 aromatic heterocycles.